The summed E-state index contributed by atoms with van der Waals surface area (Å²) in [6.45, 7) is 2.23. The average Bonchev–Trinajstić information content (AvgIpc) is 3.03. The average molecular weight is 316 g/mol. The van der Waals surface area contributed by atoms with Gasteiger partial charge in [0.15, 0.2) is 11.5 Å². The van der Waals surface area contributed by atoms with E-state index in [1.54, 1.807) is 14.2 Å². The number of amides is 2. The molecule has 1 heterocycles. The van der Waals surface area contributed by atoms with Gasteiger partial charge in [0.05, 0.1) is 14.2 Å². The largest absolute Gasteiger partial charge is 0.493 e. The van der Waals surface area contributed by atoms with Gasteiger partial charge in [-0.1, -0.05) is 18.2 Å². The molecule has 1 saturated heterocycles. The van der Waals surface area contributed by atoms with Crippen LogP contribution in [0, 0.1) is 11.8 Å². The molecule has 0 radical (unpaired) electrons. The van der Waals surface area contributed by atoms with Gasteiger partial charge in [0.2, 0.25) is 0 Å². The molecule has 0 aromatic heterocycles. The number of urea groups is 1. The molecule has 1 N–H and O–H groups in total. The van der Waals surface area contributed by atoms with Crippen molar-refractivity contribution in [3.05, 3.63) is 35.9 Å². The Morgan fingerprint density at radius 1 is 1.13 bits per heavy atom. The van der Waals surface area contributed by atoms with Crippen molar-refractivity contribution < 1.29 is 14.3 Å². The maximum Gasteiger partial charge on any atom is 0.317 e. The van der Waals surface area contributed by atoms with E-state index in [0.29, 0.717) is 29.9 Å². The van der Waals surface area contributed by atoms with E-state index in [2.05, 4.69) is 17.5 Å². The van der Waals surface area contributed by atoms with Crippen molar-refractivity contribution in [2.24, 2.45) is 11.8 Å². The summed E-state index contributed by atoms with van der Waals surface area (Å²) in [4.78, 5) is 14.3. The molecular weight excluding hydrogens is 292 g/mol. The molecule has 1 aromatic rings. The monoisotopic (exact) mass is 316 g/mol. The number of carbonyl (C=O) groups excluding carboxylic acids is 1. The van der Waals surface area contributed by atoms with Crippen molar-refractivity contribution in [2.75, 3.05) is 27.3 Å². The van der Waals surface area contributed by atoms with Crippen LogP contribution in [0.4, 0.5) is 4.79 Å². The van der Waals surface area contributed by atoms with E-state index >= 15 is 0 Å². The van der Waals surface area contributed by atoms with Crippen LogP contribution in [-0.4, -0.2) is 38.2 Å². The molecule has 1 aliphatic carbocycles. The SMILES string of the molecule is COc1ccc(CNC(=O)N2CC3CC=CCC3C2)cc1OC. The van der Waals surface area contributed by atoms with Crippen molar-refractivity contribution in [3.63, 3.8) is 0 Å². The van der Waals surface area contributed by atoms with Gasteiger partial charge in [0, 0.05) is 19.6 Å². The highest BCUT2D eigenvalue weighted by atomic mass is 16.5. The van der Waals surface area contributed by atoms with E-state index in [-0.39, 0.29) is 6.03 Å². The minimum absolute atomic E-state index is 0.0224. The number of nitrogens with one attached hydrogen (secondary N) is 1. The molecule has 1 fully saturated rings. The van der Waals surface area contributed by atoms with Gasteiger partial charge in [-0.25, -0.2) is 4.79 Å². The summed E-state index contributed by atoms with van der Waals surface area (Å²) in [5.41, 5.74) is 0.995. The Bertz CT molecular complexity index is 584. The first-order valence-corrected chi connectivity index (χ1v) is 8.10. The van der Waals surface area contributed by atoms with Crippen LogP contribution in [-0.2, 0) is 6.54 Å². The third-order valence-electron chi connectivity index (χ3n) is 4.80. The van der Waals surface area contributed by atoms with Crippen LogP contribution in [0.5, 0.6) is 11.5 Å². The number of benzene rings is 1. The van der Waals surface area contributed by atoms with E-state index in [9.17, 15) is 4.79 Å². The maximum absolute atomic E-state index is 12.4. The molecule has 124 valence electrons. The van der Waals surface area contributed by atoms with Crippen molar-refractivity contribution in [1.82, 2.24) is 10.2 Å². The topological polar surface area (TPSA) is 50.8 Å². The molecule has 0 spiro atoms. The third kappa shape index (κ3) is 3.44. The van der Waals surface area contributed by atoms with Gasteiger partial charge in [-0.2, -0.15) is 0 Å². The fraction of sp³-hybridized carbons (Fsp3) is 0.500. The van der Waals surface area contributed by atoms with Crippen LogP contribution >= 0.6 is 0 Å². The Labute approximate surface area is 137 Å². The number of hydrogen-bond acceptors (Lipinski definition) is 3. The summed E-state index contributed by atoms with van der Waals surface area (Å²) in [7, 11) is 3.22. The quantitative estimate of drug-likeness (QED) is 0.869. The number of allylic oxidation sites excluding steroid dienone is 2. The minimum Gasteiger partial charge on any atom is -0.493 e. The van der Waals surface area contributed by atoms with Crippen LogP contribution in [0.1, 0.15) is 18.4 Å². The summed E-state index contributed by atoms with van der Waals surface area (Å²) in [6.07, 6.45) is 6.69. The van der Waals surface area contributed by atoms with Crippen molar-refractivity contribution >= 4 is 6.03 Å². The molecule has 5 heteroatoms. The molecule has 2 atom stereocenters. The zero-order valence-electron chi connectivity index (χ0n) is 13.7. The number of nitrogens with zero attached hydrogens (tertiary/aromatic N) is 1. The van der Waals surface area contributed by atoms with Crippen molar-refractivity contribution in [1.29, 1.82) is 0 Å². The number of carbonyl (C=O) groups is 1. The fourth-order valence-corrected chi connectivity index (χ4v) is 3.46. The normalized spacial score (nSPS) is 22.6. The molecule has 23 heavy (non-hydrogen) atoms. The Balaban J connectivity index is 1.55. The molecule has 2 aliphatic rings. The Morgan fingerprint density at radius 2 is 1.78 bits per heavy atom. The number of ether oxygens (including phenoxy) is 2. The van der Waals surface area contributed by atoms with Crippen LogP contribution < -0.4 is 14.8 Å². The van der Waals surface area contributed by atoms with E-state index in [1.807, 2.05) is 23.1 Å². The van der Waals surface area contributed by atoms with Gasteiger partial charge in [-0.3, -0.25) is 0 Å². The first kappa shape index (κ1) is 15.7. The lowest BCUT2D eigenvalue weighted by molar-refractivity contribution is 0.206. The van der Waals surface area contributed by atoms with Gasteiger partial charge >= 0.3 is 6.03 Å². The molecular formula is C18H24N2O3. The zero-order chi connectivity index (χ0) is 16.2. The Kier molecular flexibility index (Phi) is 4.74. The summed E-state index contributed by atoms with van der Waals surface area (Å²) in [6, 6.07) is 5.72. The van der Waals surface area contributed by atoms with Crippen LogP contribution in [0.15, 0.2) is 30.4 Å². The van der Waals surface area contributed by atoms with Gasteiger partial charge < -0.3 is 19.7 Å². The molecule has 0 saturated carbocycles. The molecule has 2 unspecified atom stereocenters. The first-order chi connectivity index (χ1) is 11.2. The third-order valence-corrected chi connectivity index (χ3v) is 4.80. The zero-order valence-corrected chi connectivity index (χ0v) is 13.7. The lowest BCUT2D eigenvalue weighted by atomic mass is 9.86. The van der Waals surface area contributed by atoms with Gasteiger partial charge in [0.1, 0.15) is 0 Å². The molecule has 1 aromatic carbocycles. The summed E-state index contributed by atoms with van der Waals surface area (Å²) >= 11 is 0. The van der Waals surface area contributed by atoms with Crippen LogP contribution in [0.25, 0.3) is 0 Å². The Hall–Kier alpha value is -2.17. The molecule has 5 nitrogen and oxygen atoms in total. The molecule has 2 amide bonds. The van der Waals surface area contributed by atoms with Crippen molar-refractivity contribution in [3.8, 4) is 11.5 Å². The van der Waals surface area contributed by atoms with Gasteiger partial charge in [0.25, 0.3) is 0 Å². The highest BCUT2D eigenvalue weighted by molar-refractivity contribution is 5.74. The highest BCUT2D eigenvalue weighted by Crippen LogP contribution is 2.32. The van der Waals surface area contributed by atoms with E-state index in [1.165, 1.54) is 0 Å². The van der Waals surface area contributed by atoms with Crippen LogP contribution in [0.3, 0.4) is 0 Å². The van der Waals surface area contributed by atoms with Gasteiger partial charge in [-0.05, 0) is 42.4 Å². The second-order valence-corrected chi connectivity index (χ2v) is 6.22. The number of methoxy groups -OCH3 is 2. The van der Waals surface area contributed by atoms with E-state index < -0.39 is 0 Å². The van der Waals surface area contributed by atoms with Crippen molar-refractivity contribution in [2.45, 2.75) is 19.4 Å². The number of hydrogen-bond donors (Lipinski definition) is 1. The van der Waals surface area contributed by atoms with Crippen LogP contribution in [0.2, 0.25) is 0 Å². The predicted octanol–water partition coefficient (Wildman–Crippen LogP) is 2.81. The summed E-state index contributed by atoms with van der Waals surface area (Å²) in [5.74, 6) is 2.63. The minimum atomic E-state index is 0.0224. The smallest absolute Gasteiger partial charge is 0.317 e. The summed E-state index contributed by atoms with van der Waals surface area (Å²) < 4.78 is 10.5. The molecule has 1 aliphatic heterocycles. The number of likely N-dealkylation sites (tertiary alicyclic amines) is 1. The van der Waals surface area contributed by atoms with Gasteiger partial charge in [-0.15, -0.1) is 0 Å². The van der Waals surface area contributed by atoms with E-state index in [4.69, 9.17) is 9.47 Å². The standard InChI is InChI=1S/C18H24N2O3/c1-22-16-8-7-13(9-17(16)23-2)10-19-18(21)20-11-14-5-3-4-6-15(14)12-20/h3-4,7-9,14-15H,5-6,10-12H2,1-2H3,(H,19,21). The number of rotatable bonds is 4. The maximum atomic E-state index is 12.4. The lowest BCUT2D eigenvalue weighted by Gasteiger charge is -2.17. The second-order valence-electron chi connectivity index (χ2n) is 6.22. The molecule has 3 rings (SSSR count). The highest BCUT2D eigenvalue weighted by Gasteiger charge is 2.34. The Morgan fingerprint density at radius 3 is 2.39 bits per heavy atom. The lowest BCUT2D eigenvalue weighted by Crippen LogP contribution is -2.38. The number of fused-ring (bicyclic) bond motifs is 1. The predicted molar refractivity (Wildman–Crippen MR) is 88.7 cm³/mol. The molecule has 0 bridgehead atoms. The second kappa shape index (κ2) is 6.94. The van der Waals surface area contributed by atoms with E-state index in [0.717, 1.165) is 31.5 Å². The first-order valence-electron chi connectivity index (χ1n) is 8.10. The summed E-state index contributed by atoms with van der Waals surface area (Å²) in [5, 5.41) is 3.01. The fourth-order valence-electron chi connectivity index (χ4n) is 3.46.